The second kappa shape index (κ2) is 4.01. The lowest BCUT2D eigenvalue weighted by Crippen LogP contribution is -2.53. The van der Waals surface area contributed by atoms with E-state index in [-0.39, 0.29) is 5.75 Å². The molecule has 0 heterocycles. The van der Waals surface area contributed by atoms with Crippen molar-refractivity contribution in [3.05, 3.63) is 35.4 Å². The number of phenolic OH excluding ortho intramolecular Hbond substituents is 1. The molecule has 2 atom stereocenters. The van der Waals surface area contributed by atoms with Gasteiger partial charge in [-0.3, -0.25) is 0 Å². The van der Waals surface area contributed by atoms with Gasteiger partial charge in [-0.1, -0.05) is 18.2 Å². The average Bonchev–Trinajstić information content (AvgIpc) is 2.40. The van der Waals surface area contributed by atoms with Crippen LogP contribution < -0.4 is 4.74 Å². The Morgan fingerprint density at radius 1 is 1.26 bits per heavy atom. The van der Waals surface area contributed by atoms with Crippen molar-refractivity contribution in [2.24, 2.45) is 0 Å². The van der Waals surface area contributed by atoms with Gasteiger partial charge in [0.25, 0.3) is 0 Å². The van der Waals surface area contributed by atoms with E-state index in [1.807, 2.05) is 19.1 Å². The largest absolute Gasteiger partial charge is 0.504 e. The summed E-state index contributed by atoms with van der Waals surface area (Å²) in [6.45, 7) is 2.01. The van der Waals surface area contributed by atoms with Gasteiger partial charge in [0.15, 0.2) is 11.5 Å². The van der Waals surface area contributed by atoms with Crippen LogP contribution in [0.15, 0.2) is 24.3 Å². The second-order valence-electron chi connectivity index (χ2n) is 5.83. The van der Waals surface area contributed by atoms with Gasteiger partial charge in [-0.15, -0.1) is 0 Å². The minimum atomic E-state index is -0.765. The molecule has 0 spiro atoms. The summed E-state index contributed by atoms with van der Waals surface area (Å²) >= 11 is 0. The Labute approximate surface area is 113 Å². The highest BCUT2D eigenvalue weighted by molar-refractivity contribution is 5.58. The zero-order chi connectivity index (χ0) is 13.7. The Balaban J connectivity index is 2.27. The number of fused-ring (bicyclic) bond motifs is 3. The van der Waals surface area contributed by atoms with Crippen molar-refractivity contribution >= 4 is 0 Å². The second-order valence-corrected chi connectivity index (χ2v) is 5.83. The van der Waals surface area contributed by atoms with Gasteiger partial charge in [0.2, 0.25) is 0 Å². The van der Waals surface area contributed by atoms with E-state index in [4.69, 9.17) is 4.74 Å². The summed E-state index contributed by atoms with van der Waals surface area (Å²) in [6, 6.07) is 3.80. The van der Waals surface area contributed by atoms with E-state index in [0.717, 1.165) is 36.8 Å². The Morgan fingerprint density at radius 2 is 2.05 bits per heavy atom. The molecule has 3 rings (SSSR count). The van der Waals surface area contributed by atoms with Gasteiger partial charge >= 0.3 is 0 Å². The minimum absolute atomic E-state index is 0.173. The molecule has 102 valence electrons. The number of hydrogen-bond acceptors (Lipinski definition) is 3. The molecule has 2 N–H and O–H groups in total. The molecule has 0 amide bonds. The van der Waals surface area contributed by atoms with E-state index >= 15 is 0 Å². The highest BCUT2D eigenvalue weighted by atomic mass is 16.5. The van der Waals surface area contributed by atoms with Gasteiger partial charge in [-0.2, -0.15) is 0 Å². The van der Waals surface area contributed by atoms with Crippen molar-refractivity contribution in [1.29, 1.82) is 0 Å². The third-order valence-electron chi connectivity index (χ3n) is 4.92. The highest BCUT2D eigenvalue weighted by Crippen LogP contribution is 2.54. The molecule has 3 heteroatoms. The SMILES string of the molecule is COc1ccc2c(c1O)C1(C)C=CCCC1(O)CC2. The normalized spacial score (nSPS) is 32.6. The maximum Gasteiger partial charge on any atom is 0.162 e. The fraction of sp³-hybridized carbons (Fsp3) is 0.500. The number of phenols is 1. The number of aromatic hydroxyl groups is 1. The molecule has 0 aliphatic heterocycles. The first-order valence-corrected chi connectivity index (χ1v) is 6.81. The van der Waals surface area contributed by atoms with Gasteiger partial charge in [0, 0.05) is 11.0 Å². The molecule has 2 unspecified atom stereocenters. The number of benzene rings is 1. The summed E-state index contributed by atoms with van der Waals surface area (Å²) < 4.78 is 5.21. The van der Waals surface area contributed by atoms with Crippen molar-refractivity contribution in [3.8, 4) is 11.5 Å². The number of allylic oxidation sites excluding steroid dienone is 1. The first-order chi connectivity index (χ1) is 9.02. The van der Waals surface area contributed by atoms with Gasteiger partial charge in [0.05, 0.1) is 12.7 Å². The van der Waals surface area contributed by atoms with Crippen LogP contribution in [0.4, 0.5) is 0 Å². The zero-order valence-corrected chi connectivity index (χ0v) is 11.4. The molecule has 0 bridgehead atoms. The van der Waals surface area contributed by atoms with Crippen LogP contribution in [-0.2, 0) is 11.8 Å². The van der Waals surface area contributed by atoms with Crippen LogP contribution in [0.5, 0.6) is 11.5 Å². The molecule has 3 nitrogen and oxygen atoms in total. The molecule has 0 saturated heterocycles. The molecule has 2 aliphatic rings. The average molecular weight is 260 g/mol. The van der Waals surface area contributed by atoms with Crippen LogP contribution in [0.25, 0.3) is 0 Å². The van der Waals surface area contributed by atoms with Crippen LogP contribution in [-0.4, -0.2) is 22.9 Å². The number of aliphatic hydroxyl groups is 1. The molecule has 19 heavy (non-hydrogen) atoms. The Hall–Kier alpha value is -1.48. The Bertz CT molecular complexity index is 549. The maximum absolute atomic E-state index is 11.0. The topological polar surface area (TPSA) is 49.7 Å². The molecule has 0 fully saturated rings. The van der Waals surface area contributed by atoms with E-state index in [2.05, 4.69) is 6.08 Å². The molecule has 0 aromatic heterocycles. The number of rotatable bonds is 1. The van der Waals surface area contributed by atoms with Crippen LogP contribution in [0.3, 0.4) is 0 Å². The number of ether oxygens (including phenoxy) is 1. The molecular weight excluding hydrogens is 240 g/mol. The number of aryl methyl sites for hydroxylation is 1. The molecule has 1 aromatic carbocycles. The van der Waals surface area contributed by atoms with E-state index in [1.165, 1.54) is 0 Å². The summed E-state index contributed by atoms with van der Waals surface area (Å²) in [4.78, 5) is 0. The van der Waals surface area contributed by atoms with E-state index in [9.17, 15) is 10.2 Å². The Morgan fingerprint density at radius 3 is 2.79 bits per heavy atom. The van der Waals surface area contributed by atoms with E-state index < -0.39 is 11.0 Å². The lowest BCUT2D eigenvalue weighted by Gasteiger charge is -2.50. The van der Waals surface area contributed by atoms with E-state index in [0.29, 0.717) is 5.75 Å². The quantitative estimate of drug-likeness (QED) is 0.763. The maximum atomic E-state index is 11.0. The third kappa shape index (κ3) is 1.54. The monoisotopic (exact) mass is 260 g/mol. The molecule has 1 aromatic rings. The van der Waals surface area contributed by atoms with Crippen LogP contribution in [0.2, 0.25) is 0 Å². The van der Waals surface area contributed by atoms with Gasteiger partial charge in [-0.25, -0.2) is 0 Å². The first-order valence-electron chi connectivity index (χ1n) is 6.81. The zero-order valence-electron chi connectivity index (χ0n) is 11.4. The predicted octanol–water partition coefficient (Wildman–Crippen LogP) is 2.69. The molecule has 0 radical (unpaired) electrons. The van der Waals surface area contributed by atoms with Crippen molar-refractivity contribution in [3.63, 3.8) is 0 Å². The van der Waals surface area contributed by atoms with Crippen molar-refractivity contribution in [2.45, 2.75) is 43.6 Å². The predicted molar refractivity (Wildman–Crippen MR) is 73.7 cm³/mol. The van der Waals surface area contributed by atoms with Crippen molar-refractivity contribution < 1.29 is 14.9 Å². The lowest BCUT2D eigenvalue weighted by atomic mass is 9.58. The highest BCUT2D eigenvalue weighted by Gasteiger charge is 2.52. The van der Waals surface area contributed by atoms with Crippen LogP contribution >= 0.6 is 0 Å². The summed E-state index contributed by atoms with van der Waals surface area (Å²) in [6.07, 6.45) is 7.33. The first kappa shape index (κ1) is 12.5. The Kier molecular flexibility index (Phi) is 2.65. The molecular formula is C16H20O3. The number of methoxy groups -OCH3 is 1. The summed E-state index contributed by atoms with van der Waals surface area (Å²) in [7, 11) is 1.55. The minimum Gasteiger partial charge on any atom is -0.504 e. The summed E-state index contributed by atoms with van der Waals surface area (Å²) in [5, 5.41) is 21.5. The van der Waals surface area contributed by atoms with Crippen LogP contribution in [0.1, 0.15) is 37.3 Å². The molecule has 2 aliphatic carbocycles. The van der Waals surface area contributed by atoms with Gasteiger partial charge in [-0.05, 0) is 44.2 Å². The fourth-order valence-electron chi connectivity index (χ4n) is 3.66. The standard InChI is InChI=1S/C16H20O3/c1-15-8-3-4-9-16(15,18)10-7-11-5-6-12(19-2)14(17)13(11)15/h3,5-6,8,17-18H,4,7,9-10H2,1-2H3. The summed E-state index contributed by atoms with van der Waals surface area (Å²) in [5.41, 5.74) is 0.643. The van der Waals surface area contributed by atoms with Gasteiger partial charge < -0.3 is 14.9 Å². The summed E-state index contributed by atoms with van der Waals surface area (Å²) in [5.74, 6) is 0.648. The van der Waals surface area contributed by atoms with Crippen molar-refractivity contribution in [2.75, 3.05) is 7.11 Å². The van der Waals surface area contributed by atoms with E-state index in [1.54, 1.807) is 13.2 Å². The fourth-order valence-corrected chi connectivity index (χ4v) is 3.66. The number of hydrogen-bond donors (Lipinski definition) is 2. The van der Waals surface area contributed by atoms with Gasteiger partial charge in [0.1, 0.15) is 0 Å². The third-order valence-corrected chi connectivity index (χ3v) is 4.92. The van der Waals surface area contributed by atoms with Crippen molar-refractivity contribution in [1.82, 2.24) is 0 Å². The molecule has 0 saturated carbocycles. The smallest absolute Gasteiger partial charge is 0.162 e. The van der Waals surface area contributed by atoms with Crippen LogP contribution in [0, 0.1) is 0 Å². The lowest BCUT2D eigenvalue weighted by molar-refractivity contribution is -0.0401.